The average molecular weight is 284 g/mol. The van der Waals surface area contributed by atoms with Crippen molar-refractivity contribution >= 4 is 5.97 Å². The van der Waals surface area contributed by atoms with Gasteiger partial charge in [0.15, 0.2) is 0 Å². The number of carboxylic acids is 1. The Kier molecular flexibility index (Phi) is 5.41. The van der Waals surface area contributed by atoms with Crippen molar-refractivity contribution in [3.05, 3.63) is 0 Å². The number of aliphatic carboxylic acids is 1. The quantitative estimate of drug-likeness (QED) is 0.807. The zero-order valence-electron chi connectivity index (χ0n) is 12.7. The van der Waals surface area contributed by atoms with E-state index in [1.165, 1.54) is 0 Å². The van der Waals surface area contributed by atoms with Gasteiger partial charge in [0.1, 0.15) is 6.04 Å². The van der Waals surface area contributed by atoms with E-state index in [0.717, 1.165) is 32.5 Å². The molecule has 116 valence electrons. The molecule has 2 saturated heterocycles. The van der Waals surface area contributed by atoms with Gasteiger partial charge in [0.25, 0.3) is 0 Å². The van der Waals surface area contributed by atoms with E-state index in [1.807, 2.05) is 0 Å². The van der Waals surface area contributed by atoms with E-state index in [9.17, 15) is 15.0 Å². The van der Waals surface area contributed by atoms with Crippen LogP contribution in [0, 0.1) is 5.92 Å². The lowest BCUT2D eigenvalue weighted by Gasteiger charge is -2.40. The molecule has 0 unspecified atom stereocenters. The number of likely N-dealkylation sites (tertiary alicyclic amines) is 2. The topological polar surface area (TPSA) is 64.0 Å². The summed E-state index contributed by atoms with van der Waals surface area (Å²) in [6.07, 6.45) is 2.94. The first-order valence-electron chi connectivity index (χ1n) is 7.86. The van der Waals surface area contributed by atoms with Gasteiger partial charge in [-0.15, -0.1) is 0 Å². The number of aliphatic hydroxyl groups is 1. The molecule has 2 N–H and O–H groups in total. The zero-order valence-corrected chi connectivity index (χ0v) is 12.7. The molecule has 0 saturated carbocycles. The van der Waals surface area contributed by atoms with Crippen LogP contribution in [0.15, 0.2) is 0 Å². The molecule has 5 heteroatoms. The minimum absolute atomic E-state index is 0.375. The van der Waals surface area contributed by atoms with E-state index < -0.39 is 18.1 Å². The SMILES string of the molecule is CC(C)N1CCC(CN2CC[C@H](O)C[C@@H]2C(=O)O)CC1. The van der Waals surface area contributed by atoms with Crippen molar-refractivity contribution in [3.8, 4) is 0 Å². The number of piperidine rings is 2. The summed E-state index contributed by atoms with van der Waals surface area (Å²) < 4.78 is 0. The number of carboxylic acid groups (broad SMARTS) is 1. The molecule has 2 aliphatic heterocycles. The second kappa shape index (κ2) is 6.87. The lowest BCUT2D eigenvalue weighted by atomic mass is 9.92. The summed E-state index contributed by atoms with van der Waals surface area (Å²) in [4.78, 5) is 15.9. The molecule has 0 bridgehead atoms. The molecule has 0 radical (unpaired) electrons. The number of aliphatic hydroxyl groups excluding tert-OH is 1. The summed E-state index contributed by atoms with van der Waals surface area (Å²) in [5.41, 5.74) is 0. The van der Waals surface area contributed by atoms with E-state index in [2.05, 4.69) is 23.6 Å². The molecule has 2 atom stereocenters. The normalized spacial score (nSPS) is 30.8. The summed E-state index contributed by atoms with van der Waals surface area (Å²) in [5, 5.41) is 19.0. The number of carbonyl (C=O) groups is 1. The molecule has 0 aromatic heterocycles. The number of nitrogens with zero attached hydrogens (tertiary/aromatic N) is 2. The molecule has 2 fully saturated rings. The highest BCUT2D eigenvalue weighted by atomic mass is 16.4. The molecule has 0 aromatic rings. The Morgan fingerprint density at radius 1 is 1.20 bits per heavy atom. The third-order valence-electron chi connectivity index (χ3n) is 4.84. The van der Waals surface area contributed by atoms with E-state index in [-0.39, 0.29) is 0 Å². The van der Waals surface area contributed by atoms with Crippen LogP contribution in [-0.2, 0) is 4.79 Å². The van der Waals surface area contributed by atoms with Gasteiger partial charge >= 0.3 is 5.97 Å². The summed E-state index contributed by atoms with van der Waals surface area (Å²) in [7, 11) is 0. The van der Waals surface area contributed by atoms with Crippen molar-refractivity contribution in [2.75, 3.05) is 26.2 Å². The number of hydrogen-bond donors (Lipinski definition) is 2. The van der Waals surface area contributed by atoms with Crippen molar-refractivity contribution in [1.29, 1.82) is 0 Å². The smallest absolute Gasteiger partial charge is 0.321 e. The van der Waals surface area contributed by atoms with Gasteiger partial charge in [0.2, 0.25) is 0 Å². The van der Waals surface area contributed by atoms with Crippen molar-refractivity contribution in [1.82, 2.24) is 9.80 Å². The van der Waals surface area contributed by atoms with Gasteiger partial charge in [-0.1, -0.05) is 0 Å². The Morgan fingerprint density at radius 2 is 1.85 bits per heavy atom. The molecule has 2 heterocycles. The number of hydrogen-bond acceptors (Lipinski definition) is 4. The molecule has 20 heavy (non-hydrogen) atoms. The van der Waals surface area contributed by atoms with Gasteiger partial charge in [-0.25, -0.2) is 0 Å². The van der Waals surface area contributed by atoms with Crippen LogP contribution in [0.25, 0.3) is 0 Å². The van der Waals surface area contributed by atoms with Gasteiger partial charge < -0.3 is 15.1 Å². The summed E-state index contributed by atoms with van der Waals surface area (Å²) in [5.74, 6) is -0.189. The van der Waals surface area contributed by atoms with Crippen LogP contribution in [0.3, 0.4) is 0 Å². The molecule has 2 aliphatic rings. The van der Waals surface area contributed by atoms with Crippen LogP contribution >= 0.6 is 0 Å². The minimum atomic E-state index is -0.789. The highest BCUT2D eigenvalue weighted by Crippen LogP contribution is 2.24. The fraction of sp³-hybridized carbons (Fsp3) is 0.933. The van der Waals surface area contributed by atoms with Gasteiger partial charge in [-0.2, -0.15) is 0 Å². The summed E-state index contributed by atoms with van der Waals surface area (Å²) in [6.45, 7) is 8.28. The Bertz CT molecular complexity index is 327. The average Bonchev–Trinajstić information content (AvgIpc) is 2.41. The second-order valence-corrected chi connectivity index (χ2v) is 6.60. The third-order valence-corrected chi connectivity index (χ3v) is 4.84. The first kappa shape index (κ1) is 15.7. The van der Waals surface area contributed by atoms with E-state index in [0.29, 0.717) is 31.3 Å². The van der Waals surface area contributed by atoms with Gasteiger partial charge in [0.05, 0.1) is 6.10 Å². The predicted octanol–water partition coefficient (Wildman–Crippen LogP) is 1.02. The lowest BCUT2D eigenvalue weighted by Crippen LogP contribution is -2.51. The molecule has 0 aromatic carbocycles. The molecule has 0 spiro atoms. The maximum atomic E-state index is 11.3. The van der Waals surface area contributed by atoms with Gasteiger partial charge in [0, 0.05) is 19.1 Å². The van der Waals surface area contributed by atoms with Crippen LogP contribution in [-0.4, -0.2) is 70.3 Å². The summed E-state index contributed by atoms with van der Waals surface area (Å²) >= 11 is 0. The Morgan fingerprint density at radius 3 is 2.40 bits per heavy atom. The van der Waals surface area contributed by atoms with E-state index in [1.54, 1.807) is 0 Å². The molecule has 0 amide bonds. The highest BCUT2D eigenvalue weighted by Gasteiger charge is 2.34. The number of rotatable bonds is 4. The predicted molar refractivity (Wildman–Crippen MR) is 77.7 cm³/mol. The fourth-order valence-electron chi connectivity index (χ4n) is 3.45. The molecular weight excluding hydrogens is 256 g/mol. The van der Waals surface area contributed by atoms with Crippen molar-refractivity contribution in [3.63, 3.8) is 0 Å². The Balaban J connectivity index is 1.85. The van der Waals surface area contributed by atoms with Crippen LogP contribution in [0.4, 0.5) is 0 Å². The Hall–Kier alpha value is -0.650. The third kappa shape index (κ3) is 3.93. The standard InChI is InChI=1S/C15H28N2O3/c1-11(2)16-6-3-12(4-7-16)10-17-8-5-13(18)9-14(17)15(19)20/h11-14,18H,3-10H2,1-2H3,(H,19,20)/t13-,14+/m0/s1. The molecular formula is C15H28N2O3. The highest BCUT2D eigenvalue weighted by molar-refractivity contribution is 5.73. The van der Waals surface area contributed by atoms with Crippen LogP contribution in [0.2, 0.25) is 0 Å². The second-order valence-electron chi connectivity index (χ2n) is 6.60. The first-order chi connectivity index (χ1) is 9.47. The minimum Gasteiger partial charge on any atom is -0.480 e. The Labute approximate surface area is 121 Å². The monoisotopic (exact) mass is 284 g/mol. The zero-order chi connectivity index (χ0) is 14.7. The van der Waals surface area contributed by atoms with E-state index >= 15 is 0 Å². The molecule has 2 rings (SSSR count). The first-order valence-corrected chi connectivity index (χ1v) is 7.86. The fourth-order valence-corrected chi connectivity index (χ4v) is 3.45. The lowest BCUT2D eigenvalue weighted by molar-refractivity contribution is -0.147. The van der Waals surface area contributed by atoms with Crippen LogP contribution < -0.4 is 0 Å². The van der Waals surface area contributed by atoms with E-state index in [4.69, 9.17) is 0 Å². The van der Waals surface area contributed by atoms with Crippen LogP contribution in [0.1, 0.15) is 39.5 Å². The molecule has 5 nitrogen and oxygen atoms in total. The van der Waals surface area contributed by atoms with Crippen molar-refractivity contribution < 1.29 is 15.0 Å². The summed E-state index contributed by atoms with van der Waals surface area (Å²) in [6, 6.07) is 0.106. The largest absolute Gasteiger partial charge is 0.480 e. The van der Waals surface area contributed by atoms with Crippen molar-refractivity contribution in [2.24, 2.45) is 5.92 Å². The van der Waals surface area contributed by atoms with Crippen molar-refractivity contribution in [2.45, 2.75) is 57.7 Å². The van der Waals surface area contributed by atoms with Gasteiger partial charge in [-0.3, -0.25) is 9.69 Å². The maximum Gasteiger partial charge on any atom is 0.321 e. The maximum absolute atomic E-state index is 11.3. The van der Waals surface area contributed by atoms with Gasteiger partial charge in [-0.05, 0) is 58.5 Å². The molecule has 0 aliphatic carbocycles. The van der Waals surface area contributed by atoms with Crippen LogP contribution in [0.5, 0.6) is 0 Å².